The first-order chi connectivity index (χ1) is 14.4. The highest BCUT2D eigenvalue weighted by atomic mass is 16.6. The number of hydrogen-bond acceptors (Lipinski definition) is 5. The fourth-order valence-electron chi connectivity index (χ4n) is 6.20. The number of aliphatic hydroxyl groups excluding tert-OH is 1. The van der Waals surface area contributed by atoms with Gasteiger partial charge in [0.2, 0.25) is 0 Å². The summed E-state index contributed by atoms with van der Waals surface area (Å²) in [4.78, 5) is 24.1. The molecule has 6 unspecified atom stereocenters. The molecule has 6 atom stereocenters. The molecule has 0 aromatic rings. The molecule has 0 heterocycles. The van der Waals surface area contributed by atoms with Gasteiger partial charge in [-0.15, -0.1) is 0 Å². The third kappa shape index (κ3) is 5.24. The summed E-state index contributed by atoms with van der Waals surface area (Å²) in [5.41, 5.74) is 1.48. The number of carbonyl (C=O) groups is 2. The van der Waals surface area contributed by atoms with Crippen molar-refractivity contribution in [2.75, 3.05) is 7.11 Å². The molecule has 31 heavy (non-hydrogen) atoms. The molecule has 5 nitrogen and oxygen atoms in total. The van der Waals surface area contributed by atoms with Gasteiger partial charge >= 0.3 is 11.9 Å². The van der Waals surface area contributed by atoms with Gasteiger partial charge in [0, 0.05) is 17.4 Å². The van der Waals surface area contributed by atoms with E-state index in [1.54, 1.807) is 13.0 Å². The summed E-state index contributed by atoms with van der Waals surface area (Å²) in [6.07, 6.45) is 6.71. The highest BCUT2D eigenvalue weighted by Crippen LogP contribution is 2.61. The molecule has 0 spiro atoms. The van der Waals surface area contributed by atoms with Crippen LogP contribution < -0.4 is 0 Å². The van der Waals surface area contributed by atoms with Crippen LogP contribution in [0.5, 0.6) is 0 Å². The maximum atomic E-state index is 12.5. The van der Waals surface area contributed by atoms with E-state index in [0.29, 0.717) is 24.3 Å². The Morgan fingerprint density at radius 1 is 1.32 bits per heavy atom. The lowest BCUT2D eigenvalue weighted by molar-refractivity contribution is -0.199. The van der Waals surface area contributed by atoms with E-state index in [2.05, 4.69) is 40.7 Å². The number of ether oxygens (including phenoxy) is 2. The summed E-state index contributed by atoms with van der Waals surface area (Å²) in [6.45, 7) is 14.4. The minimum absolute atomic E-state index is 0.0920. The number of carbonyl (C=O) groups excluding carboxylic acids is 2. The maximum absolute atomic E-state index is 12.5. The van der Waals surface area contributed by atoms with Crippen LogP contribution in [-0.2, 0) is 19.1 Å². The van der Waals surface area contributed by atoms with Gasteiger partial charge in [-0.25, -0.2) is 4.79 Å². The van der Waals surface area contributed by atoms with Crippen molar-refractivity contribution in [2.45, 2.75) is 92.8 Å². The summed E-state index contributed by atoms with van der Waals surface area (Å²) in [5, 5.41) is 11.2. The van der Waals surface area contributed by atoms with Gasteiger partial charge in [-0.1, -0.05) is 45.4 Å². The molecule has 1 saturated carbocycles. The minimum atomic E-state index is -0.703. The molecule has 2 aliphatic rings. The van der Waals surface area contributed by atoms with E-state index in [4.69, 9.17) is 9.47 Å². The molecule has 2 rings (SSSR count). The van der Waals surface area contributed by atoms with E-state index >= 15 is 0 Å². The Morgan fingerprint density at radius 2 is 1.97 bits per heavy atom. The lowest BCUT2D eigenvalue weighted by Crippen LogP contribution is -2.60. The summed E-state index contributed by atoms with van der Waals surface area (Å²) in [5.74, 6) is 0.357. The Morgan fingerprint density at radius 3 is 2.55 bits per heavy atom. The van der Waals surface area contributed by atoms with Crippen molar-refractivity contribution in [3.63, 3.8) is 0 Å². The molecule has 0 amide bonds. The van der Waals surface area contributed by atoms with E-state index in [-0.39, 0.29) is 34.6 Å². The number of fused-ring (bicyclic) bond motifs is 1. The van der Waals surface area contributed by atoms with Gasteiger partial charge in [-0.2, -0.15) is 0 Å². The maximum Gasteiger partial charge on any atom is 0.333 e. The second-order valence-corrected chi connectivity index (χ2v) is 10.6. The van der Waals surface area contributed by atoms with Crippen LogP contribution in [0.4, 0.5) is 0 Å². The fourth-order valence-corrected chi connectivity index (χ4v) is 6.20. The second kappa shape index (κ2) is 9.89. The Balaban J connectivity index is 2.25. The zero-order chi connectivity index (χ0) is 23.6. The summed E-state index contributed by atoms with van der Waals surface area (Å²) < 4.78 is 10.7. The molecule has 0 aliphatic heterocycles. The van der Waals surface area contributed by atoms with Gasteiger partial charge in [-0.3, -0.25) is 4.79 Å². The van der Waals surface area contributed by atoms with Gasteiger partial charge in [0.1, 0.15) is 6.10 Å². The average Bonchev–Trinajstić information content (AvgIpc) is 2.69. The highest BCUT2D eigenvalue weighted by Gasteiger charge is 2.59. The molecular formula is C26H42O5. The molecule has 0 aromatic heterocycles. The molecule has 2 aliphatic carbocycles. The lowest BCUT2D eigenvalue weighted by atomic mass is 9.46. The van der Waals surface area contributed by atoms with E-state index in [9.17, 15) is 14.7 Å². The van der Waals surface area contributed by atoms with E-state index in [0.717, 1.165) is 19.3 Å². The molecule has 5 heteroatoms. The van der Waals surface area contributed by atoms with E-state index in [1.807, 2.05) is 6.92 Å². The first-order valence-electron chi connectivity index (χ1n) is 11.6. The normalized spacial score (nSPS) is 33.7. The van der Waals surface area contributed by atoms with Crippen LogP contribution in [0.2, 0.25) is 0 Å². The molecule has 0 radical (unpaired) electrons. The van der Waals surface area contributed by atoms with Crippen LogP contribution in [0.25, 0.3) is 0 Å². The predicted molar refractivity (Wildman–Crippen MR) is 122 cm³/mol. The molecule has 1 fully saturated rings. The number of rotatable bonds is 7. The zero-order valence-electron chi connectivity index (χ0n) is 20.7. The van der Waals surface area contributed by atoms with Crippen LogP contribution in [0.15, 0.2) is 23.3 Å². The lowest BCUT2D eigenvalue weighted by Gasteiger charge is -2.60. The molecular weight excluding hydrogens is 392 g/mol. The van der Waals surface area contributed by atoms with Crippen molar-refractivity contribution in [3.05, 3.63) is 23.3 Å². The number of hydrogen-bond donors (Lipinski definition) is 1. The molecule has 1 N–H and O–H groups in total. The zero-order valence-corrected chi connectivity index (χ0v) is 20.7. The SMILES string of the molecule is CC=C(C)C(=O)OC1C(O)CC2(C)C(CCC(C)CC(=O)OC)C(C)=CCC2C1(C)C. The van der Waals surface area contributed by atoms with Gasteiger partial charge in [0.15, 0.2) is 0 Å². The number of aliphatic hydroxyl groups is 1. The molecule has 0 aromatic carbocycles. The smallest absolute Gasteiger partial charge is 0.333 e. The van der Waals surface area contributed by atoms with E-state index in [1.165, 1.54) is 12.7 Å². The van der Waals surface area contributed by atoms with Crippen molar-refractivity contribution < 1.29 is 24.2 Å². The molecule has 176 valence electrons. The fraction of sp³-hybridized carbons (Fsp3) is 0.769. The van der Waals surface area contributed by atoms with E-state index < -0.39 is 12.2 Å². The van der Waals surface area contributed by atoms with Crippen LogP contribution in [0.3, 0.4) is 0 Å². The van der Waals surface area contributed by atoms with Crippen molar-refractivity contribution >= 4 is 11.9 Å². The quantitative estimate of drug-likeness (QED) is 0.338. The average molecular weight is 435 g/mol. The third-order valence-electron chi connectivity index (χ3n) is 8.13. The standard InChI is InChI=1S/C26H42O5/c1-9-17(3)24(29)31-23-20(27)15-26(7)19(12-10-16(2)14-22(28)30-8)18(4)11-13-21(26)25(23,5)6/h9,11,16,19-21,23,27H,10,12-15H2,1-8H3. The minimum Gasteiger partial charge on any atom is -0.469 e. The van der Waals surface area contributed by atoms with Crippen LogP contribution >= 0.6 is 0 Å². The Labute approximate surface area is 188 Å². The van der Waals surface area contributed by atoms with Gasteiger partial charge in [0.05, 0.1) is 13.2 Å². The first kappa shape index (κ1) is 25.6. The van der Waals surface area contributed by atoms with Crippen molar-refractivity contribution in [1.29, 1.82) is 0 Å². The first-order valence-corrected chi connectivity index (χ1v) is 11.6. The van der Waals surface area contributed by atoms with Gasteiger partial charge in [0.25, 0.3) is 0 Å². The molecule has 0 bridgehead atoms. The Bertz CT molecular complexity index is 734. The number of esters is 2. The summed E-state index contributed by atoms with van der Waals surface area (Å²) in [7, 11) is 1.43. The molecule has 0 saturated heterocycles. The number of allylic oxidation sites excluding steroid dienone is 3. The summed E-state index contributed by atoms with van der Waals surface area (Å²) in [6, 6.07) is 0. The van der Waals surface area contributed by atoms with Crippen LogP contribution in [0.1, 0.15) is 80.6 Å². The summed E-state index contributed by atoms with van der Waals surface area (Å²) >= 11 is 0. The third-order valence-corrected chi connectivity index (χ3v) is 8.13. The van der Waals surface area contributed by atoms with Crippen molar-refractivity contribution in [2.24, 2.45) is 28.6 Å². The van der Waals surface area contributed by atoms with Gasteiger partial charge < -0.3 is 14.6 Å². The van der Waals surface area contributed by atoms with Crippen molar-refractivity contribution in [1.82, 2.24) is 0 Å². The monoisotopic (exact) mass is 434 g/mol. The largest absolute Gasteiger partial charge is 0.469 e. The Kier molecular flexibility index (Phi) is 8.18. The highest BCUT2D eigenvalue weighted by molar-refractivity contribution is 5.87. The Hall–Kier alpha value is -1.62. The second-order valence-electron chi connectivity index (χ2n) is 10.6. The number of methoxy groups -OCH3 is 1. The van der Waals surface area contributed by atoms with Gasteiger partial charge in [-0.05, 0) is 69.6 Å². The van der Waals surface area contributed by atoms with Crippen molar-refractivity contribution in [3.8, 4) is 0 Å². The topological polar surface area (TPSA) is 72.8 Å². The van der Waals surface area contributed by atoms with Crippen LogP contribution in [0, 0.1) is 28.6 Å². The predicted octanol–water partition coefficient (Wildman–Crippen LogP) is 5.22. The van der Waals surface area contributed by atoms with Crippen LogP contribution in [-0.4, -0.2) is 36.4 Å².